The minimum Gasteiger partial charge on any atom is -0.459 e. The van der Waals surface area contributed by atoms with E-state index in [4.69, 9.17) is 23.7 Å². The van der Waals surface area contributed by atoms with Crippen molar-refractivity contribution in [2.45, 2.75) is 36.8 Å². The molecule has 0 N–H and O–H groups in total. The molecule has 5 rings (SSSR count). The molecule has 0 amide bonds. The number of thioether (sulfide) groups is 1. The van der Waals surface area contributed by atoms with Gasteiger partial charge in [0, 0.05) is 0 Å². The van der Waals surface area contributed by atoms with E-state index in [9.17, 15) is 19.2 Å². The number of hydrogen-bond acceptors (Lipinski definition) is 10. The second-order valence-corrected chi connectivity index (χ2v) is 11.5. The maximum absolute atomic E-state index is 13.5. The Bertz CT molecular complexity index is 1600. The van der Waals surface area contributed by atoms with Crippen LogP contribution in [0.15, 0.2) is 121 Å². The van der Waals surface area contributed by atoms with Crippen molar-refractivity contribution in [2.75, 3.05) is 12.4 Å². The summed E-state index contributed by atoms with van der Waals surface area (Å²) in [6.45, 7) is 1.54. The summed E-state index contributed by atoms with van der Waals surface area (Å²) in [6, 6.07) is 33.3. The van der Waals surface area contributed by atoms with E-state index < -0.39 is 53.7 Å². The van der Waals surface area contributed by atoms with Crippen LogP contribution in [0.2, 0.25) is 0 Å². The summed E-state index contributed by atoms with van der Waals surface area (Å²) in [5.41, 5.74) is 0.184. The highest BCUT2D eigenvalue weighted by atomic mass is 32.2. The van der Waals surface area contributed by atoms with Crippen LogP contribution in [-0.4, -0.2) is 66.1 Å². The Morgan fingerprint density at radius 1 is 0.543 bits per heavy atom. The quantitative estimate of drug-likeness (QED) is 0.143. The molecule has 0 aliphatic carbocycles. The Morgan fingerprint density at radius 3 is 1.33 bits per heavy atom. The van der Waals surface area contributed by atoms with Gasteiger partial charge in [0.2, 0.25) is 0 Å². The van der Waals surface area contributed by atoms with E-state index in [0.29, 0.717) is 11.3 Å². The lowest BCUT2D eigenvalue weighted by molar-refractivity contribution is -0.207. The molecule has 0 unspecified atom stereocenters. The van der Waals surface area contributed by atoms with Crippen molar-refractivity contribution in [3.05, 3.63) is 144 Å². The van der Waals surface area contributed by atoms with E-state index in [-0.39, 0.29) is 23.3 Å². The van der Waals surface area contributed by atoms with Crippen LogP contribution in [0.25, 0.3) is 0 Å². The first-order chi connectivity index (χ1) is 22.4. The fraction of sp³-hybridized carbons (Fsp3) is 0.222. The third-order valence-corrected chi connectivity index (χ3v) is 8.11. The Hall–Kier alpha value is -4.93. The molecule has 1 saturated heterocycles. The number of benzene rings is 4. The molecule has 0 aromatic heterocycles. The summed E-state index contributed by atoms with van der Waals surface area (Å²) in [4.78, 5) is 53.2. The molecule has 5 atom stereocenters. The van der Waals surface area contributed by atoms with Crippen molar-refractivity contribution >= 4 is 35.6 Å². The maximum atomic E-state index is 13.5. The van der Waals surface area contributed by atoms with Gasteiger partial charge in [-0.1, -0.05) is 79.7 Å². The fourth-order valence-electron chi connectivity index (χ4n) is 4.83. The summed E-state index contributed by atoms with van der Waals surface area (Å²) in [7, 11) is 0. The predicted octanol–water partition coefficient (Wildman–Crippen LogP) is 6.00. The second-order valence-electron chi connectivity index (χ2n) is 10.2. The minimum absolute atomic E-state index is 0.235. The van der Waals surface area contributed by atoms with Crippen LogP contribution in [0.4, 0.5) is 0 Å². The normalized spacial score (nSPS) is 20.6. The number of carbonyl (C=O) groups excluding carboxylic acids is 4. The Kier molecular flexibility index (Phi) is 11.2. The smallest absolute Gasteiger partial charge is 0.338 e. The van der Waals surface area contributed by atoms with Crippen molar-refractivity contribution in [2.24, 2.45) is 0 Å². The predicted molar refractivity (Wildman–Crippen MR) is 170 cm³/mol. The molecule has 4 aromatic carbocycles. The Morgan fingerprint density at radius 2 is 0.913 bits per heavy atom. The molecule has 1 aliphatic heterocycles. The Balaban J connectivity index is 1.52. The van der Waals surface area contributed by atoms with E-state index in [0.717, 1.165) is 0 Å². The molecule has 1 fully saturated rings. The first-order valence-corrected chi connectivity index (χ1v) is 15.8. The van der Waals surface area contributed by atoms with Gasteiger partial charge in [-0.05, 0) is 54.3 Å². The van der Waals surface area contributed by atoms with Crippen LogP contribution in [0.5, 0.6) is 0 Å². The van der Waals surface area contributed by atoms with Gasteiger partial charge in [-0.3, -0.25) is 0 Å². The van der Waals surface area contributed by atoms with Crippen LogP contribution in [-0.2, 0) is 23.7 Å². The van der Waals surface area contributed by atoms with Gasteiger partial charge in [-0.2, -0.15) is 0 Å². The molecule has 0 saturated carbocycles. The van der Waals surface area contributed by atoms with Crippen molar-refractivity contribution in [1.82, 2.24) is 0 Å². The monoisotopic (exact) mass is 640 g/mol. The van der Waals surface area contributed by atoms with Crippen LogP contribution in [0.1, 0.15) is 48.4 Å². The van der Waals surface area contributed by atoms with Gasteiger partial charge in [-0.15, -0.1) is 11.8 Å². The van der Waals surface area contributed by atoms with Crippen LogP contribution in [0.3, 0.4) is 0 Å². The van der Waals surface area contributed by atoms with Gasteiger partial charge >= 0.3 is 23.9 Å². The molecule has 0 spiro atoms. The third-order valence-electron chi connectivity index (χ3n) is 7.07. The molecule has 1 aliphatic rings. The fourth-order valence-corrected chi connectivity index (χ4v) is 5.78. The average molecular weight is 641 g/mol. The highest BCUT2D eigenvalue weighted by Gasteiger charge is 2.53. The van der Waals surface area contributed by atoms with Crippen molar-refractivity contribution < 1.29 is 42.9 Å². The second kappa shape index (κ2) is 15.9. The summed E-state index contributed by atoms with van der Waals surface area (Å²) in [5.74, 6) is -2.22. The summed E-state index contributed by atoms with van der Waals surface area (Å²) < 4.78 is 30.0. The summed E-state index contributed by atoms with van der Waals surface area (Å²) in [5, 5.41) is 0. The molecule has 46 heavy (non-hydrogen) atoms. The molecule has 236 valence electrons. The van der Waals surface area contributed by atoms with Crippen LogP contribution in [0, 0.1) is 0 Å². The summed E-state index contributed by atoms with van der Waals surface area (Å²) in [6.07, 6.45) is -4.98. The highest BCUT2D eigenvalue weighted by molar-refractivity contribution is 7.99. The molecular formula is C36H32O9S. The molecule has 4 aromatic rings. The van der Waals surface area contributed by atoms with Gasteiger partial charge < -0.3 is 23.7 Å². The minimum atomic E-state index is -1.34. The van der Waals surface area contributed by atoms with Crippen LogP contribution >= 0.6 is 11.8 Å². The van der Waals surface area contributed by atoms with Crippen molar-refractivity contribution in [3.8, 4) is 0 Å². The SMILES string of the molecule is CCS[C@@H]1O[C@H](COC(=O)c2ccccc2)[C@@H](OC(=O)c2ccccc2)[C@@H](OC(=O)c2ccccc2)[C@H]1OC(=O)c1ccccc1. The maximum Gasteiger partial charge on any atom is 0.338 e. The first kappa shape index (κ1) is 32.5. The van der Waals surface area contributed by atoms with Gasteiger partial charge in [0.1, 0.15) is 18.1 Å². The van der Waals surface area contributed by atoms with Crippen molar-refractivity contribution in [1.29, 1.82) is 0 Å². The topological polar surface area (TPSA) is 114 Å². The van der Waals surface area contributed by atoms with E-state index >= 15 is 0 Å². The molecule has 0 radical (unpaired) electrons. The van der Waals surface area contributed by atoms with Gasteiger partial charge in [0.05, 0.1) is 22.3 Å². The number of esters is 4. The average Bonchev–Trinajstić information content (AvgIpc) is 3.11. The van der Waals surface area contributed by atoms with E-state index in [1.807, 2.05) is 6.92 Å². The molecule has 1 heterocycles. The van der Waals surface area contributed by atoms with Crippen LogP contribution < -0.4 is 0 Å². The van der Waals surface area contributed by atoms with Gasteiger partial charge in [0.15, 0.2) is 18.3 Å². The zero-order valence-corrected chi connectivity index (χ0v) is 25.7. The number of hydrogen-bond donors (Lipinski definition) is 0. The van der Waals surface area contributed by atoms with E-state index in [2.05, 4.69) is 0 Å². The lowest BCUT2D eigenvalue weighted by Crippen LogP contribution is -2.61. The highest BCUT2D eigenvalue weighted by Crippen LogP contribution is 2.35. The van der Waals surface area contributed by atoms with Gasteiger partial charge in [-0.25, -0.2) is 19.2 Å². The molecule has 10 heteroatoms. The van der Waals surface area contributed by atoms with Gasteiger partial charge in [0.25, 0.3) is 0 Å². The molecule has 9 nitrogen and oxygen atoms in total. The third kappa shape index (κ3) is 8.21. The van der Waals surface area contributed by atoms with Crippen molar-refractivity contribution in [3.63, 3.8) is 0 Å². The lowest BCUT2D eigenvalue weighted by atomic mass is 9.98. The standard InChI is InChI=1S/C36H32O9S/c1-2-46-36-31(45-35(40)27-21-13-6-14-22-27)30(44-34(39)26-19-11-5-12-20-26)29(43-33(38)25-17-9-4-10-18-25)28(42-36)23-41-32(37)24-15-7-3-8-16-24/h3-22,28-31,36H,2,23H2,1H3/t28-,29-,30-,31-,36+/m1/s1. The molecule has 0 bridgehead atoms. The number of carbonyl (C=O) groups is 4. The summed E-state index contributed by atoms with van der Waals surface area (Å²) >= 11 is 1.30. The zero-order chi connectivity index (χ0) is 32.3. The number of rotatable bonds is 11. The number of ether oxygens (including phenoxy) is 5. The van der Waals surface area contributed by atoms with E-state index in [1.165, 1.54) is 11.8 Å². The first-order valence-electron chi connectivity index (χ1n) is 14.7. The molecular weight excluding hydrogens is 608 g/mol. The lowest BCUT2D eigenvalue weighted by Gasteiger charge is -2.44. The Labute approximate surface area is 270 Å². The zero-order valence-electron chi connectivity index (χ0n) is 24.9. The largest absolute Gasteiger partial charge is 0.459 e. The van der Waals surface area contributed by atoms with E-state index in [1.54, 1.807) is 121 Å².